The van der Waals surface area contributed by atoms with Gasteiger partial charge in [0.05, 0.1) is 13.0 Å². The van der Waals surface area contributed by atoms with E-state index >= 15 is 0 Å². The third kappa shape index (κ3) is 3.43. The number of hydrogen-bond donors (Lipinski definition) is 0. The van der Waals surface area contributed by atoms with Crippen molar-refractivity contribution in [3.63, 3.8) is 0 Å². The van der Waals surface area contributed by atoms with E-state index in [0.29, 0.717) is 0 Å². The van der Waals surface area contributed by atoms with Crippen molar-refractivity contribution < 1.29 is 14.3 Å². The molecule has 0 spiro atoms. The van der Waals surface area contributed by atoms with Gasteiger partial charge in [0.25, 0.3) is 0 Å². The van der Waals surface area contributed by atoms with Gasteiger partial charge in [-0.25, -0.2) is 0 Å². The Morgan fingerprint density at radius 3 is 2.71 bits per heavy atom. The van der Waals surface area contributed by atoms with Crippen LogP contribution >= 0.6 is 0 Å². The van der Waals surface area contributed by atoms with Crippen LogP contribution in [0.3, 0.4) is 0 Å². The van der Waals surface area contributed by atoms with Gasteiger partial charge in [0.15, 0.2) is 0 Å². The first-order valence-electron chi connectivity index (χ1n) is 7.49. The molecular weight excluding hydrogens is 266 g/mol. The van der Waals surface area contributed by atoms with Crippen molar-refractivity contribution in [2.24, 2.45) is 0 Å². The van der Waals surface area contributed by atoms with Crippen LogP contribution in [0.25, 0.3) is 0 Å². The minimum absolute atomic E-state index is 0.0195. The summed E-state index contributed by atoms with van der Waals surface area (Å²) in [6.07, 6.45) is 2.89. The number of rotatable bonds is 4. The lowest BCUT2D eigenvalue weighted by Crippen LogP contribution is -2.44. The smallest absolute Gasteiger partial charge is 0.325 e. The highest BCUT2D eigenvalue weighted by Gasteiger charge is 2.31. The van der Waals surface area contributed by atoms with Crippen LogP contribution in [0.1, 0.15) is 43.7 Å². The molecule has 0 saturated carbocycles. The number of carbonyl (C=O) groups excluding carboxylic acids is 2. The van der Waals surface area contributed by atoms with Gasteiger partial charge in [-0.05, 0) is 44.2 Å². The molecule has 1 aromatic rings. The number of ether oxygens (including phenoxy) is 1. The third-order valence-electron chi connectivity index (χ3n) is 4.10. The van der Waals surface area contributed by atoms with E-state index in [0.717, 1.165) is 24.8 Å². The van der Waals surface area contributed by atoms with Gasteiger partial charge < -0.3 is 9.64 Å². The summed E-state index contributed by atoms with van der Waals surface area (Å²) in [6, 6.07) is 8.10. The van der Waals surface area contributed by atoms with Crippen molar-refractivity contribution in [2.45, 2.75) is 45.1 Å². The van der Waals surface area contributed by atoms with E-state index in [2.05, 4.69) is 6.07 Å². The fourth-order valence-corrected chi connectivity index (χ4v) is 2.93. The Balaban J connectivity index is 2.24. The Hall–Kier alpha value is -1.84. The molecule has 0 bridgehead atoms. The van der Waals surface area contributed by atoms with Crippen LogP contribution in [0.2, 0.25) is 0 Å². The van der Waals surface area contributed by atoms with E-state index < -0.39 is 0 Å². The van der Waals surface area contributed by atoms with Gasteiger partial charge in [0.1, 0.15) is 6.54 Å². The minimum atomic E-state index is -0.374. The molecule has 2 rings (SSSR count). The minimum Gasteiger partial charge on any atom is -0.468 e. The summed E-state index contributed by atoms with van der Waals surface area (Å²) in [6.45, 7) is 3.87. The molecule has 0 aliphatic heterocycles. The number of carbonyl (C=O) groups is 2. The second-order valence-corrected chi connectivity index (χ2v) is 5.78. The summed E-state index contributed by atoms with van der Waals surface area (Å²) in [5.41, 5.74) is 2.37. The largest absolute Gasteiger partial charge is 0.468 e. The first-order chi connectivity index (χ1) is 10.0. The molecule has 4 nitrogen and oxygen atoms in total. The average Bonchev–Trinajstić information content (AvgIpc) is 2.50. The maximum absolute atomic E-state index is 12.9. The fourth-order valence-electron chi connectivity index (χ4n) is 2.93. The molecule has 114 valence electrons. The Bertz CT molecular complexity index is 525. The molecule has 1 aliphatic rings. The van der Waals surface area contributed by atoms with Gasteiger partial charge in [-0.15, -0.1) is 0 Å². The van der Waals surface area contributed by atoms with Gasteiger partial charge in [-0.3, -0.25) is 9.59 Å². The van der Waals surface area contributed by atoms with Gasteiger partial charge in [-0.2, -0.15) is 0 Å². The number of aryl methyl sites for hydroxylation is 1. The highest BCUT2D eigenvalue weighted by Crippen LogP contribution is 2.33. The predicted molar refractivity (Wildman–Crippen MR) is 81.0 cm³/mol. The maximum Gasteiger partial charge on any atom is 0.325 e. The van der Waals surface area contributed by atoms with E-state index in [1.807, 2.05) is 32.0 Å². The molecule has 1 amide bonds. The average molecular weight is 289 g/mol. The molecule has 21 heavy (non-hydrogen) atoms. The number of methoxy groups -OCH3 is 1. The Kier molecular flexibility index (Phi) is 4.99. The normalized spacial score (nSPS) is 17.2. The Morgan fingerprint density at radius 2 is 2.05 bits per heavy atom. The number of benzene rings is 1. The van der Waals surface area contributed by atoms with E-state index in [9.17, 15) is 9.59 Å². The molecule has 0 N–H and O–H groups in total. The van der Waals surface area contributed by atoms with E-state index in [4.69, 9.17) is 4.74 Å². The van der Waals surface area contributed by atoms with Gasteiger partial charge >= 0.3 is 5.97 Å². The number of fused-ring (bicyclic) bond motifs is 1. The molecule has 1 aliphatic carbocycles. The molecule has 0 saturated heterocycles. The summed E-state index contributed by atoms with van der Waals surface area (Å²) in [7, 11) is 1.35. The fraction of sp³-hybridized carbons (Fsp3) is 0.529. The zero-order valence-electron chi connectivity index (χ0n) is 13.0. The lowest BCUT2D eigenvalue weighted by Gasteiger charge is -2.32. The van der Waals surface area contributed by atoms with Crippen molar-refractivity contribution in [2.75, 3.05) is 13.7 Å². The first-order valence-corrected chi connectivity index (χ1v) is 7.49. The zero-order valence-corrected chi connectivity index (χ0v) is 13.0. The standard InChI is InChI=1S/C17H23NO3/c1-12(2)18(11-16(19)21-3)17(20)15-10-6-8-13-7-4-5-9-14(13)15/h4-5,7,9,12,15H,6,8,10-11H2,1-3H3. The summed E-state index contributed by atoms with van der Waals surface area (Å²) < 4.78 is 4.71. The summed E-state index contributed by atoms with van der Waals surface area (Å²) >= 11 is 0. The van der Waals surface area contributed by atoms with Crippen LogP contribution in [0, 0.1) is 0 Å². The second kappa shape index (κ2) is 6.74. The van der Waals surface area contributed by atoms with Crippen molar-refractivity contribution in [3.05, 3.63) is 35.4 Å². The SMILES string of the molecule is COC(=O)CN(C(=O)C1CCCc2ccccc21)C(C)C. The summed E-state index contributed by atoms with van der Waals surface area (Å²) in [5, 5.41) is 0. The predicted octanol–water partition coefficient (Wildman–Crippen LogP) is 2.52. The third-order valence-corrected chi connectivity index (χ3v) is 4.10. The van der Waals surface area contributed by atoms with Crippen LogP contribution < -0.4 is 0 Å². The van der Waals surface area contributed by atoms with Crippen LogP contribution in [0.15, 0.2) is 24.3 Å². The summed E-state index contributed by atoms with van der Waals surface area (Å²) in [4.78, 5) is 26.0. The van der Waals surface area contributed by atoms with Gasteiger partial charge in [0.2, 0.25) is 5.91 Å². The van der Waals surface area contributed by atoms with Crippen molar-refractivity contribution in [1.82, 2.24) is 4.90 Å². The van der Waals surface area contributed by atoms with Crippen LogP contribution in [-0.4, -0.2) is 36.5 Å². The van der Waals surface area contributed by atoms with Crippen LogP contribution in [-0.2, 0) is 20.7 Å². The van der Waals surface area contributed by atoms with Gasteiger partial charge in [0, 0.05) is 6.04 Å². The lowest BCUT2D eigenvalue weighted by molar-refractivity contribution is -0.149. The molecule has 1 atom stereocenters. The highest BCUT2D eigenvalue weighted by molar-refractivity contribution is 5.87. The van der Waals surface area contributed by atoms with Crippen molar-refractivity contribution in [1.29, 1.82) is 0 Å². The topological polar surface area (TPSA) is 46.6 Å². The Morgan fingerprint density at radius 1 is 1.33 bits per heavy atom. The quantitative estimate of drug-likeness (QED) is 0.800. The molecule has 1 aromatic carbocycles. The molecule has 1 unspecified atom stereocenters. The number of hydrogen-bond acceptors (Lipinski definition) is 3. The highest BCUT2D eigenvalue weighted by atomic mass is 16.5. The van der Waals surface area contributed by atoms with E-state index in [1.54, 1.807) is 4.90 Å². The van der Waals surface area contributed by atoms with Crippen LogP contribution in [0.5, 0.6) is 0 Å². The molecular formula is C17H23NO3. The van der Waals surface area contributed by atoms with Gasteiger partial charge in [-0.1, -0.05) is 24.3 Å². The number of esters is 1. The summed E-state index contributed by atoms with van der Waals surface area (Å²) in [5.74, 6) is -0.481. The zero-order chi connectivity index (χ0) is 15.4. The molecule has 0 aromatic heterocycles. The number of nitrogens with zero attached hydrogens (tertiary/aromatic N) is 1. The molecule has 0 fully saturated rings. The monoisotopic (exact) mass is 289 g/mol. The maximum atomic E-state index is 12.9. The van der Waals surface area contributed by atoms with Crippen molar-refractivity contribution in [3.8, 4) is 0 Å². The lowest BCUT2D eigenvalue weighted by atomic mass is 9.82. The van der Waals surface area contributed by atoms with Crippen LogP contribution in [0.4, 0.5) is 0 Å². The first kappa shape index (κ1) is 15.5. The number of amides is 1. The molecule has 4 heteroatoms. The van der Waals surface area contributed by atoms with Crippen molar-refractivity contribution >= 4 is 11.9 Å². The van der Waals surface area contributed by atoms with E-state index in [1.165, 1.54) is 12.7 Å². The second-order valence-electron chi connectivity index (χ2n) is 5.78. The Labute approximate surface area is 126 Å². The van der Waals surface area contributed by atoms with E-state index in [-0.39, 0.29) is 30.4 Å². The molecule has 0 radical (unpaired) electrons. The molecule has 0 heterocycles.